The van der Waals surface area contributed by atoms with E-state index >= 15 is 0 Å². The van der Waals surface area contributed by atoms with E-state index in [9.17, 15) is 0 Å². The van der Waals surface area contributed by atoms with Crippen LogP contribution in [0.2, 0.25) is 0 Å². The van der Waals surface area contributed by atoms with Crippen LogP contribution < -0.4 is 5.32 Å². The molecule has 4 heteroatoms. The molecule has 0 unspecified atom stereocenters. The average molecular weight is 316 g/mol. The molecule has 0 fully saturated rings. The molecule has 0 aliphatic carbocycles. The summed E-state index contributed by atoms with van der Waals surface area (Å²) in [4.78, 5) is 0. The number of unbranched alkanes of at least 4 members (excludes halogenated alkanes) is 2. The van der Waals surface area contributed by atoms with Crippen molar-refractivity contribution in [1.82, 2.24) is 15.1 Å². The van der Waals surface area contributed by atoms with Gasteiger partial charge in [0.1, 0.15) is 0 Å². The van der Waals surface area contributed by atoms with Crippen molar-refractivity contribution in [3.8, 4) is 0 Å². The number of rotatable bonds is 10. The second kappa shape index (κ2) is 9.56. The molecule has 0 spiro atoms. The monoisotopic (exact) mass is 315 g/mol. The van der Waals surface area contributed by atoms with Crippen molar-refractivity contribution in [2.24, 2.45) is 0 Å². The van der Waals surface area contributed by atoms with Gasteiger partial charge in [0.25, 0.3) is 0 Å². The third-order valence-electron chi connectivity index (χ3n) is 3.27. The Hall–Kier alpha value is -0.350. The molecule has 104 valence electrons. The van der Waals surface area contributed by atoms with Gasteiger partial charge >= 0.3 is 0 Å². The van der Waals surface area contributed by atoms with Crippen LogP contribution in [0.1, 0.15) is 57.7 Å². The molecule has 1 heterocycles. The summed E-state index contributed by atoms with van der Waals surface area (Å²) in [6.07, 6.45) is 8.22. The zero-order chi connectivity index (χ0) is 13.2. The maximum absolute atomic E-state index is 4.63. The Kier molecular flexibility index (Phi) is 8.34. The fourth-order valence-electron chi connectivity index (χ4n) is 2.08. The molecular formula is C14H26BrN3. The Morgan fingerprint density at radius 1 is 1.28 bits per heavy atom. The maximum Gasteiger partial charge on any atom is 0.0762 e. The van der Waals surface area contributed by atoms with E-state index in [2.05, 4.69) is 57.1 Å². The standard InChI is InChI=1S/C14H26BrN3/c1-3-14(4-2)18-11-8-13(17-18)12-16-10-7-5-6-9-15/h8,11,14,16H,3-7,9-10,12H2,1-2H3. The molecule has 1 aromatic heterocycles. The van der Waals surface area contributed by atoms with Crippen molar-refractivity contribution in [2.75, 3.05) is 11.9 Å². The van der Waals surface area contributed by atoms with Gasteiger partial charge in [-0.05, 0) is 38.3 Å². The van der Waals surface area contributed by atoms with E-state index in [1.807, 2.05) is 0 Å². The first-order valence-corrected chi connectivity index (χ1v) is 8.24. The summed E-state index contributed by atoms with van der Waals surface area (Å²) < 4.78 is 2.11. The molecule has 0 bridgehead atoms. The second-order valence-electron chi connectivity index (χ2n) is 4.68. The summed E-state index contributed by atoms with van der Waals surface area (Å²) in [7, 11) is 0. The zero-order valence-corrected chi connectivity index (χ0v) is 13.2. The summed E-state index contributed by atoms with van der Waals surface area (Å²) in [6, 6.07) is 2.68. The van der Waals surface area contributed by atoms with Crippen LogP contribution >= 0.6 is 15.9 Å². The van der Waals surface area contributed by atoms with Gasteiger partial charge in [0.2, 0.25) is 0 Å². The number of hydrogen-bond donors (Lipinski definition) is 1. The lowest BCUT2D eigenvalue weighted by Crippen LogP contribution is -2.16. The smallest absolute Gasteiger partial charge is 0.0762 e. The van der Waals surface area contributed by atoms with Crippen molar-refractivity contribution in [1.29, 1.82) is 0 Å². The molecular weight excluding hydrogens is 290 g/mol. The van der Waals surface area contributed by atoms with Crippen molar-refractivity contribution >= 4 is 15.9 Å². The molecule has 0 radical (unpaired) electrons. The van der Waals surface area contributed by atoms with E-state index in [-0.39, 0.29) is 0 Å². The molecule has 1 aromatic rings. The highest BCUT2D eigenvalue weighted by Gasteiger charge is 2.07. The summed E-state index contributed by atoms with van der Waals surface area (Å²) in [5.41, 5.74) is 1.15. The van der Waals surface area contributed by atoms with E-state index in [0.29, 0.717) is 6.04 Å². The van der Waals surface area contributed by atoms with Crippen LogP contribution in [0.3, 0.4) is 0 Å². The molecule has 0 aliphatic rings. The van der Waals surface area contributed by atoms with Gasteiger partial charge in [-0.1, -0.05) is 36.2 Å². The van der Waals surface area contributed by atoms with Crippen LogP contribution in [0, 0.1) is 0 Å². The fourth-order valence-corrected chi connectivity index (χ4v) is 2.47. The fraction of sp³-hybridized carbons (Fsp3) is 0.786. The van der Waals surface area contributed by atoms with Gasteiger partial charge in [-0.3, -0.25) is 4.68 Å². The minimum atomic E-state index is 0.553. The molecule has 0 saturated heterocycles. The van der Waals surface area contributed by atoms with Crippen molar-refractivity contribution < 1.29 is 0 Å². The Morgan fingerprint density at radius 2 is 2.06 bits per heavy atom. The summed E-state index contributed by atoms with van der Waals surface area (Å²) in [6.45, 7) is 6.42. The number of nitrogens with zero attached hydrogens (tertiary/aromatic N) is 2. The quantitative estimate of drug-likeness (QED) is 0.524. The van der Waals surface area contributed by atoms with Gasteiger partial charge < -0.3 is 5.32 Å². The van der Waals surface area contributed by atoms with Crippen LogP contribution in [-0.4, -0.2) is 21.7 Å². The highest BCUT2D eigenvalue weighted by molar-refractivity contribution is 9.09. The normalized spacial score (nSPS) is 11.3. The summed E-state index contributed by atoms with van der Waals surface area (Å²) in [5.74, 6) is 0. The van der Waals surface area contributed by atoms with Crippen LogP contribution in [-0.2, 0) is 6.54 Å². The number of alkyl halides is 1. The summed E-state index contributed by atoms with van der Waals surface area (Å²) in [5, 5.41) is 9.21. The summed E-state index contributed by atoms with van der Waals surface area (Å²) >= 11 is 3.45. The predicted octanol–water partition coefficient (Wildman–Crippen LogP) is 3.90. The SMILES string of the molecule is CCC(CC)n1ccc(CNCCCCCBr)n1. The van der Waals surface area contributed by atoms with Crippen LogP contribution in [0.15, 0.2) is 12.3 Å². The topological polar surface area (TPSA) is 29.9 Å². The van der Waals surface area contributed by atoms with Crippen molar-refractivity contribution in [3.05, 3.63) is 18.0 Å². The lowest BCUT2D eigenvalue weighted by molar-refractivity contribution is 0.424. The van der Waals surface area contributed by atoms with Crippen molar-refractivity contribution in [3.63, 3.8) is 0 Å². The minimum Gasteiger partial charge on any atom is -0.311 e. The first kappa shape index (κ1) is 15.7. The lowest BCUT2D eigenvalue weighted by atomic mass is 10.2. The molecule has 18 heavy (non-hydrogen) atoms. The maximum atomic E-state index is 4.63. The predicted molar refractivity (Wildman–Crippen MR) is 81.2 cm³/mol. The molecule has 0 amide bonds. The third-order valence-corrected chi connectivity index (χ3v) is 3.83. The highest BCUT2D eigenvalue weighted by Crippen LogP contribution is 2.14. The molecule has 3 nitrogen and oxygen atoms in total. The third kappa shape index (κ3) is 5.53. The van der Waals surface area contributed by atoms with Gasteiger partial charge in [-0.15, -0.1) is 0 Å². The number of aromatic nitrogens is 2. The van der Waals surface area contributed by atoms with Crippen LogP contribution in [0.5, 0.6) is 0 Å². The van der Waals surface area contributed by atoms with Gasteiger partial charge in [-0.2, -0.15) is 5.10 Å². The molecule has 0 aliphatic heterocycles. The van der Waals surface area contributed by atoms with Gasteiger partial charge in [-0.25, -0.2) is 0 Å². The molecule has 0 saturated carbocycles. The number of halogens is 1. The van der Waals surface area contributed by atoms with Crippen LogP contribution in [0.4, 0.5) is 0 Å². The second-order valence-corrected chi connectivity index (χ2v) is 5.48. The minimum absolute atomic E-state index is 0.553. The van der Waals surface area contributed by atoms with E-state index in [0.717, 1.165) is 37.0 Å². The van der Waals surface area contributed by atoms with E-state index < -0.39 is 0 Å². The van der Waals surface area contributed by atoms with E-state index in [4.69, 9.17) is 0 Å². The van der Waals surface area contributed by atoms with Crippen molar-refractivity contribution in [2.45, 2.75) is 58.5 Å². The largest absolute Gasteiger partial charge is 0.311 e. The van der Waals surface area contributed by atoms with Gasteiger partial charge in [0.05, 0.1) is 11.7 Å². The van der Waals surface area contributed by atoms with Gasteiger partial charge in [0.15, 0.2) is 0 Å². The molecule has 1 rings (SSSR count). The Labute approximate surface area is 119 Å². The molecule has 1 N–H and O–H groups in total. The Bertz CT molecular complexity index is 308. The zero-order valence-electron chi connectivity index (χ0n) is 11.7. The van der Waals surface area contributed by atoms with E-state index in [1.165, 1.54) is 19.3 Å². The first-order chi connectivity index (χ1) is 8.81. The number of nitrogens with one attached hydrogen (secondary N) is 1. The van der Waals surface area contributed by atoms with Crippen LogP contribution in [0.25, 0.3) is 0 Å². The van der Waals surface area contributed by atoms with Gasteiger partial charge in [0, 0.05) is 18.1 Å². The average Bonchev–Trinajstić information content (AvgIpc) is 2.84. The molecule has 0 aromatic carbocycles. The number of hydrogen-bond acceptors (Lipinski definition) is 2. The Morgan fingerprint density at radius 3 is 2.72 bits per heavy atom. The Balaban J connectivity index is 2.23. The lowest BCUT2D eigenvalue weighted by Gasteiger charge is -2.12. The van der Waals surface area contributed by atoms with E-state index in [1.54, 1.807) is 0 Å². The first-order valence-electron chi connectivity index (χ1n) is 7.12. The molecule has 0 atom stereocenters. The highest BCUT2D eigenvalue weighted by atomic mass is 79.9.